The summed E-state index contributed by atoms with van der Waals surface area (Å²) in [6, 6.07) is 5.95. The average molecular weight is 311 g/mol. The lowest BCUT2D eigenvalue weighted by molar-refractivity contribution is 0.927. The minimum atomic E-state index is 0.250. The number of hydrogen-bond acceptors (Lipinski definition) is 5. The molecule has 0 unspecified atom stereocenters. The zero-order chi connectivity index (χ0) is 12.4. The molecule has 0 radical (unpaired) electrons. The number of aryl methyl sites for hydroxylation is 1. The quantitative estimate of drug-likeness (QED) is 0.864. The summed E-state index contributed by atoms with van der Waals surface area (Å²) in [6.07, 6.45) is 1.91. The number of nitrogen functional groups attached to an aromatic ring is 1. The third-order valence-corrected chi connectivity index (χ3v) is 3.67. The fourth-order valence-electron chi connectivity index (χ4n) is 1.38. The van der Waals surface area contributed by atoms with Crippen LogP contribution in [0.1, 0.15) is 5.56 Å². The Hall–Kier alpha value is -1.14. The summed E-state index contributed by atoms with van der Waals surface area (Å²) < 4.78 is 1.06. The van der Waals surface area contributed by atoms with E-state index < -0.39 is 0 Å². The Morgan fingerprint density at radius 2 is 2.00 bits per heavy atom. The van der Waals surface area contributed by atoms with Gasteiger partial charge in [0.25, 0.3) is 0 Å². The fraction of sp³-hybridized carbons (Fsp3) is 0.182. The number of rotatable bonds is 2. The number of nitrogens with zero attached hydrogens (tertiary/aromatic N) is 3. The third-order valence-electron chi connectivity index (χ3n) is 2.23. The Bertz CT molecular complexity index is 559. The molecule has 0 atom stereocenters. The van der Waals surface area contributed by atoms with Crippen molar-refractivity contribution in [3.8, 4) is 11.4 Å². The number of aromatic nitrogens is 3. The zero-order valence-corrected chi connectivity index (χ0v) is 11.8. The highest BCUT2D eigenvalue weighted by Crippen LogP contribution is 2.24. The van der Waals surface area contributed by atoms with Gasteiger partial charge in [0.2, 0.25) is 5.95 Å². The second kappa shape index (κ2) is 5.01. The standard InChI is InChI=1S/C11H11BrN4S/c1-6-5-7(3-4-8(6)12)9-14-10(13)16-11(15-9)17-2/h3-5H,1-2H3,(H2,13,14,15,16). The van der Waals surface area contributed by atoms with Crippen molar-refractivity contribution in [3.63, 3.8) is 0 Å². The van der Waals surface area contributed by atoms with Gasteiger partial charge in [-0.3, -0.25) is 0 Å². The minimum absolute atomic E-state index is 0.250. The van der Waals surface area contributed by atoms with Gasteiger partial charge in [-0.25, -0.2) is 4.98 Å². The predicted octanol–water partition coefficient (Wildman–Crippen LogP) is 2.91. The van der Waals surface area contributed by atoms with Gasteiger partial charge in [-0.15, -0.1) is 0 Å². The summed E-state index contributed by atoms with van der Waals surface area (Å²) in [6.45, 7) is 2.02. The normalized spacial score (nSPS) is 10.5. The Morgan fingerprint density at radius 3 is 2.65 bits per heavy atom. The lowest BCUT2D eigenvalue weighted by atomic mass is 10.1. The Labute approximate surface area is 112 Å². The first-order valence-electron chi connectivity index (χ1n) is 4.92. The lowest BCUT2D eigenvalue weighted by Crippen LogP contribution is -2.01. The molecule has 0 bridgehead atoms. The third kappa shape index (κ3) is 2.76. The van der Waals surface area contributed by atoms with Crippen molar-refractivity contribution in [2.45, 2.75) is 12.1 Å². The molecule has 88 valence electrons. The molecule has 0 spiro atoms. The highest BCUT2D eigenvalue weighted by molar-refractivity contribution is 9.10. The largest absolute Gasteiger partial charge is 0.368 e. The van der Waals surface area contributed by atoms with Gasteiger partial charge in [0.1, 0.15) is 0 Å². The molecule has 2 N–H and O–H groups in total. The Kier molecular flexibility index (Phi) is 3.63. The second-order valence-corrected chi connectivity index (χ2v) is 5.10. The highest BCUT2D eigenvalue weighted by atomic mass is 79.9. The molecule has 0 aliphatic carbocycles. The molecule has 1 heterocycles. The van der Waals surface area contributed by atoms with E-state index in [4.69, 9.17) is 5.73 Å². The number of thioether (sulfide) groups is 1. The number of benzene rings is 1. The summed E-state index contributed by atoms with van der Waals surface area (Å²) in [7, 11) is 0. The number of hydrogen-bond donors (Lipinski definition) is 1. The van der Waals surface area contributed by atoms with Gasteiger partial charge < -0.3 is 5.73 Å². The molecule has 0 amide bonds. The molecule has 1 aromatic carbocycles. The molecule has 0 fully saturated rings. The van der Waals surface area contributed by atoms with Gasteiger partial charge in [0.15, 0.2) is 11.0 Å². The topological polar surface area (TPSA) is 64.7 Å². The van der Waals surface area contributed by atoms with Crippen LogP contribution in [0.5, 0.6) is 0 Å². The first-order valence-corrected chi connectivity index (χ1v) is 6.94. The summed E-state index contributed by atoms with van der Waals surface area (Å²) in [5, 5.41) is 0.632. The SMILES string of the molecule is CSc1nc(N)nc(-c2ccc(Br)c(C)c2)n1. The molecular weight excluding hydrogens is 300 g/mol. The van der Waals surface area contributed by atoms with E-state index in [0.29, 0.717) is 11.0 Å². The van der Waals surface area contributed by atoms with E-state index in [1.807, 2.05) is 31.4 Å². The van der Waals surface area contributed by atoms with Crippen LogP contribution in [-0.2, 0) is 0 Å². The van der Waals surface area contributed by atoms with Gasteiger partial charge in [0, 0.05) is 10.0 Å². The van der Waals surface area contributed by atoms with Crippen molar-refractivity contribution in [2.24, 2.45) is 0 Å². The van der Waals surface area contributed by atoms with Crippen molar-refractivity contribution in [3.05, 3.63) is 28.2 Å². The van der Waals surface area contributed by atoms with E-state index in [1.54, 1.807) is 0 Å². The molecule has 0 aliphatic heterocycles. The highest BCUT2D eigenvalue weighted by Gasteiger charge is 2.07. The van der Waals surface area contributed by atoms with Crippen molar-refractivity contribution < 1.29 is 0 Å². The first kappa shape index (κ1) is 12.3. The smallest absolute Gasteiger partial charge is 0.224 e. The van der Waals surface area contributed by atoms with Crippen LogP contribution < -0.4 is 5.73 Å². The Balaban J connectivity index is 2.52. The van der Waals surface area contributed by atoms with Crippen LogP contribution in [0.4, 0.5) is 5.95 Å². The second-order valence-electron chi connectivity index (χ2n) is 3.47. The van der Waals surface area contributed by atoms with E-state index in [-0.39, 0.29) is 5.95 Å². The van der Waals surface area contributed by atoms with Gasteiger partial charge in [0.05, 0.1) is 0 Å². The maximum atomic E-state index is 5.66. The maximum Gasteiger partial charge on any atom is 0.224 e. The number of halogens is 1. The molecule has 2 aromatic rings. The van der Waals surface area contributed by atoms with E-state index in [2.05, 4.69) is 30.9 Å². The van der Waals surface area contributed by atoms with Gasteiger partial charge in [-0.2, -0.15) is 9.97 Å². The Morgan fingerprint density at radius 1 is 1.24 bits per heavy atom. The zero-order valence-electron chi connectivity index (χ0n) is 9.44. The summed E-state index contributed by atoms with van der Waals surface area (Å²) >= 11 is 4.91. The molecule has 6 heteroatoms. The van der Waals surface area contributed by atoms with Crippen LogP contribution in [0, 0.1) is 6.92 Å². The predicted molar refractivity (Wildman–Crippen MR) is 73.9 cm³/mol. The fourth-order valence-corrected chi connectivity index (χ4v) is 1.99. The molecule has 0 saturated carbocycles. The summed E-state index contributed by atoms with van der Waals surface area (Å²) in [5.41, 5.74) is 7.73. The first-order chi connectivity index (χ1) is 8.10. The molecule has 2 rings (SSSR count). The average Bonchev–Trinajstić information content (AvgIpc) is 2.32. The van der Waals surface area contributed by atoms with Gasteiger partial charge >= 0.3 is 0 Å². The van der Waals surface area contributed by atoms with Crippen LogP contribution >= 0.6 is 27.7 Å². The van der Waals surface area contributed by atoms with Gasteiger partial charge in [-0.05, 0) is 30.9 Å². The lowest BCUT2D eigenvalue weighted by Gasteiger charge is -2.05. The van der Waals surface area contributed by atoms with E-state index >= 15 is 0 Å². The van der Waals surface area contributed by atoms with E-state index in [9.17, 15) is 0 Å². The van der Waals surface area contributed by atoms with E-state index in [0.717, 1.165) is 15.6 Å². The molecule has 1 aromatic heterocycles. The van der Waals surface area contributed by atoms with E-state index in [1.165, 1.54) is 11.8 Å². The number of anilines is 1. The van der Waals surface area contributed by atoms with Crippen molar-refractivity contribution in [1.29, 1.82) is 0 Å². The molecular formula is C11H11BrN4S. The van der Waals surface area contributed by atoms with Crippen LogP contribution in [-0.4, -0.2) is 21.2 Å². The van der Waals surface area contributed by atoms with Crippen molar-refractivity contribution in [2.75, 3.05) is 12.0 Å². The van der Waals surface area contributed by atoms with Crippen LogP contribution in [0.15, 0.2) is 27.8 Å². The van der Waals surface area contributed by atoms with Crippen LogP contribution in [0.2, 0.25) is 0 Å². The molecule has 0 saturated heterocycles. The molecule has 17 heavy (non-hydrogen) atoms. The monoisotopic (exact) mass is 310 g/mol. The molecule has 4 nitrogen and oxygen atoms in total. The minimum Gasteiger partial charge on any atom is -0.368 e. The van der Waals surface area contributed by atoms with Crippen molar-refractivity contribution >= 4 is 33.6 Å². The van der Waals surface area contributed by atoms with Crippen LogP contribution in [0.3, 0.4) is 0 Å². The summed E-state index contributed by atoms with van der Waals surface area (Å²) in [4.78, 5) is 12.5. The number of nitrogens with two attached hydrogens (primary N) is 1. The molecule has 0 aliphatic rings. The van der Waals surface area contributed by atoms with Crippen molar-refractivity contribution in [1.82, 2.24) is 15.0 Å². The maximum absolute atomic E-state index is 5.66. The van der Waals surface area contributed by atoms with Gasteiger partial charge in [-0.1, -0.05) is 33.8 Å². The summed E-state index contributed by atoms with van der Waals surface area (Å²) in [5.74, 6) is 0.859. The van der Waals surface area contributed by atoms with Crippen LogP contribution in [0.25, 0.3) is 11.4 Å².